The number of nitrogens with zero attached hydrogens (tertiary/aromatic N) is 1. The van der Waals surface area contributed by atoms with Crippen LogP contribution in [0.2, 0.25) is 5.15 Å². The smallest absolute Gasteiger partial charge is 0.312 e. The van der Waals surface area contributed by atoms with E-state index in [9.17, 15) is 4.79 Å². The van der Waals surface area contributed by atoms with Crippen molar-refractivity contribution < 1.29 is 9.53 Å². The maximum absolute atomic E-state index is 11.6. The van der Waals surface area contributed by atoms with E-state index in [0.29, 0.717) is 10.8 Å². The second-order valence-corrected chi connectivity index (χ2v) is 4.16. The molecule has 0 aliphatic rings. The van der Waals surface area contributed by atoms with Crippen molar-refractivity contribution in [3.8, 4) is 0 Å². The van der Waals surface area contributed by atoms with Crippen molar-refractivity contribution >= 4 is 17.6 Å². The van der Waals surface area contributed by atoms with Crippen LogP contribution in [0.15, 0.2) is 48.5 Å². The molecule has 0 fully saturated rings. The van der Waals surface area contributed by atoms with Gasteiger partial charge in [-0.3, -0.25) is 4.79 Å². The van der Waals surface area contributed by atoms with Crippen molar-refractivity contribution in [2.75, 3.05) is 0 Å². The van der Waals surface area contributed by atoms with Crippen molar-refractivity contribution in [3.63, 3.8) is 0 Å². The number of ether oxygens (including phenoxy) is 1. The molecule has 1 aromatic heterocycles. The van der Waals surface area contributed by atoms with Crippen LogP contribution in [0, 0.1) is 0 Å². The van der Waals surface area contributed by atoms with Gasteiger partial charge in [0.25, 0.3) is 0 Å². The summed E-state index contributed by atoms with van der Waals surface area (Å²) >= 11 is 5.74. The van der Waals surface area contributed by atoms with Gasteiger partial charge >= 0.3 is 5.97 Å². The Bertz CT molecular complexity index is 528. The average molecular weight is 262 g/mol. The minimum atomic E-state index is -0.311. The van der Waals surface area contributed by atoms with Crippen LogP contribution < -0.4 is 0 Å². The Kier molecular flexibility index (Phi) is 4.31. The third kappa shape index (κ3) is 3.86. The molecule has 0 spiro atoms. The van der Waals surface area contributed by atoms with Gasteiger partial charge < -0.3 is 4.74 Å². The Morgan fingerprint density at radius 2 is 1.89 bits per heavy atom. The third-order valence-electron chi connectivity index (χ3n) is 2.34. The lowest BCUT2D eigenvalue weighted by atomic mass is 10.2. The Labute approximate surface area is 110 Å². The summed E-state index contributed by atoms with van der Waals surface area (Å²) in [6.45, 7) is 0.278. The van der Waals surface area contributed by atoms with Gasteiger partial charge in [-0.2, -0.15) is 0 Å². The molecular formula is C14H12ClNO2. The summed E-state index contributed by atoms with van der Waals surface area (Å²) in [5.41, 5.74) is 1.57. The number of hydrogen-bond acceptors (Lipinski definition) is 3. The highest BCUT2D eigenvalue weighted by Crippen LogP contribution is 2.07. The number of esters is 1. The molecule has 92 valence electrons. The van der Waals surface area contributed by atoms with Gasteiger partial charge in [-0.1, -0.05) is 48.0 Å². The van der Waals surface area contributed by atoms with Crippen molar-refractivity contribution in [2.24, 2.45) is 0 Å². The van der Waals surface area contributed by atoms with Gasteiger partial charge in [-0.05, 0) is 17.7 Å². The van der Waals surface area contributed by atoms with E-state index in [1.54, 1.807) is 18.2 Å². The second kappa shape index (κ2) is 6.17. The van der Waals surface area contributed by atoms with Gasteiger partial charge in [0, 0.05) is 0 Å². The molecule has 0 bridgehead atoms. The zero-order chi connectivity index (χ0) is 12.8. The predicted octanol–water partition coefficient (Wildman–Crippen LogP) is 3.02. The molecule has 0 unspecified atom stereocenters. The first-order chi connectivity index (χ1) is 8.74. The fraction of sp³-hybridized carbons (Fsp3) is 0.143. The Balaban J connectivity index is 1.86. The molecular weight excluding hydrogens is 250 g/mol. The average Bonchev–Trinajstić information content (AvgIpc) is 2.38. The number of rotatable bonds is 4. The van der Waals surface area contributed by atoms with E-state index in [1.165, 1.54) is 0 Å². The van der Waals surface area contributed by atoms with Crippen LogP contribution >= 0.6 is 11.6 Å². The molecule has 0 amide bonds. The summed E-state index contributed by atoms with van der Waals surface area (Å²) in [5.74, 6) is -0.311. The summed E-state index contributed by atoms with van der Waals surface area (Å²) in [7, 11) is 0. The van der Waals surface area contributed by atoms with Crippen LogP contribution in [0.5, 0.6) is 0 Å². The topological polar surface area (TPSA) is 39.2 Å². The lowest BCUT2D eigenvalue weighted by Crippen LogP contribution is -2.09. The monoisotopic (exact) mass is 261 g/mol. The molecule has 1 aromatic carbocycles. The van der Waals surface area contributed by atoms with Crippen LogP contribution in [0.25, 0.3) is 0 Å². The number of benzene rings is 1. The maximum atomic E-state index is 11.6. The highest BCUT2D eigenvalue weighted by molar-refractivity contribution is 6.29. The highest BCUT2D eigenvalue weighted by atomic mass is 35.5. The lowest BCUT2D eigenvalue weighted by Gasteiger charge is -2.04. The molecule has 2 rings (SSSR count). The molecule has 2 aromatic rings. The Hall–Kier alpha value is -1.87. The van der Waals surface area contributed by atoms with Crippen LogP contribution in [-0.2, 0) is 22.6 Å². The van der Waals surface area contributed by atoms with E-state index in [2.05, 4.69) is 4.98 Å². The van der Waals surface area contributed by atoms with Gasteiger partial charge in [0.2, 0.25) is 0 Å². The minimum Gasteiger partial charge on any atom is -0.461 e. The largest absolute Gasteiger partial charge is 0.461 e. The van der Waals surface area contributed by atoms with Crippen LogP contribution in [-0.4, -0.2) is 11.0 Å². The first kappa shape index (κ1) is 12.6. The molecule has 1 heterocycles. The predicted molar refractivity (Wildman–Crippen MR) is 69.2 cm³/mol. The second-order valence-electron chi connectivity index (χ2n) is 3.77. The molecule has 0 aliphatic carbocycles. The number of hydrogen-bond donors (Lipinski definition) is 0. The molecule has 0 N–H and O–H groups in total. The number of carbonyl (C=O) groups excluding carboxylic acids is 1. The van der Waals surface area contributed by atoms with Crippen molar-refractivity contribution in [2.45, 2.75) is 13.0 Å². The van der Waals surface area contributed by atoms with Crippen molar-refractivity contribution in [1.82, 2.24) is 4.98 Å². The summed E-state index contributed by atoms with van der Waals surface area (Å²) in [6.07, 6.45) is 0.132. The van der Waals surface area contributed by atoms with Gasteiger partial charge in [0.05, 0.1) is 12.1 Å². The minimum absolute atomic E-state index is 0.132. The first-order valence-corrected chi connectivity index (χ1v) is 5.93. The van der Waals surface area contributed by atoms with Gasteiger partial charge in [-0.25, -0.2) is 4.98 Å². The van der Waals surface area contributed by atoms with Crippen molar-refractivity contribution in [3.05, 3.63) is 64.9 Å². The fourth-order valence-corrected chi connectivity index (χ4v) is 1.67. The molecule has 3 nitrogen and oxygen atoms in total. The summed E-state index contributed by atoms with van der Waals surface area (Å²) in [5, 5.41) is 0.378. The Morgan fingerprint density at radius 1 is 1.11 bits per heavy atom. The number of carbonyl (C=O) groups is 1. The molecule has 0 radical (unpaired) electrons. The molecule has 4 heteroatoms. The molecule has 0 saturated heterocycles. The number of pyridine rings is 1. The van der Waals surface area contributed by atoms with E-state index in [1.807, 2.05) is 30.3 Å². The van der Waals surface area contributed by atoms with Gasteiger partial charge in [-0.15, -0.1) is 0 Å². The summed E-state index contributed by atoms with van der Waals surface area (Å²) < 4.78 is 5.15. The Morgan fingerprint density at radius 3 is 2.61 bits per heavy atom. The van der Waals surface area contributed by atoms with Gasteiger partial charge in [0.15, 0.2) is 0 Å². The zero-order valence-electron chi connectivity index (χ0n) is 9.67. The molecule has 0 saturated carbocycles. The molecule has 0 aliphatic heterocycles. The van der Waals surface area contributed by atoms with Crippen LogP contribution in [0.1, 0.15) is 11.3 Å². The van der Waals surface area contributed by atoms with E-state index in [-0.39, 0.29) is 19.0 Å². The van der Waals surface area contributed by atoms with E-state index < -0.39 is 0 Å². The zero-order valence-corrected chi connectivity index (χ0v) is 10.4. The van der Waals surface area contributed by atoms with Gasteiger partial charge in [0.1, 0.15) is 11.8 Å². The van der Waals surface area contributed by atoms with E-state index in [4.69, 9.17) is 16.3 Å². The lowest BCUT2D eigenvalue weighted by molar-refractivity contribution is -0.144. The standard InChI is InChI=1S/C14H12ClNO2/c15-13-8-4-7-12(16-13)9-14(17)18-10-11-5-2-1-3-6-11/h1-8H,9-10H2. The number of aromatic nitrogens is 1. The summed E-state index contributed by atoms with van der Waals surface area (Å²) in [6, 6.07) is 14.7. The highest BCUT2D eigenvalue weighted by Gasteiger charge is 2.06. The quantitative estimate of drug-likeness (QED) is 0.627. The number of halogens is 1. The van der Waals surface area contributed by atoms with E-state index in [0.717, 1.165) is 5.56 Å². The van der Waals surface area contributed by atoms with Crippen LogP contribution in [0.3, 0.4) is 0 Å². The molecule has 18 heavy (non-hydrogen) atoms. The van der Waals surface area contributed by atoms with E-state index >= 15 is 0 Å². The molecule has 0 atom stereocenters. The first-order valence-electron chi connectivity index (χ1n) is 5.55. The fourth-order valence-electron chi connectivity index (χ4n) is 1.49. The van der Waals surface area contributed by atoms with Crippen molar-refractivity contribution in [1.29, 1.82) is 0 Å². The normalized spacial score (nSPS) is 10.1. The van der Waals surface area contributed by atoms with Crippen LogP contribution in [0.4, 0.5) is 0 Å². The maximum Gasteiger partial charge on any atom is 0.312 e. The summed E-state index contributed by atoms with van der Waals surface area (Å²) in [4.78, 5) is 15.6. The third-order valence-corrected chi connectivity index (χ3v) is 2.55. The SMILES string of the molecule is O=C(Cc1cccc(Cl)n1)OCc1ccccc1.